The Hall–Kier alpha value is -1.64. The smallest absolute Gasteiger partial charge is 0.328 e. The highest BCUT2D eigenvalue weighted by Gasteiger charge is 2.01. The molecule has 0 unspecified atom stereocenters. The molecule has 2 nitrogen and oxygen atoms in total. The van der Waals surface area contributed by atoms with Crippen LogP contribution in [0.25, 0.3) is 5.57 Å². The van der Waals surface area contributed by atoms with Crippen molar-refractivity contribution in [2.45, 2.75) is 13.3 Å². The summed E-state index contributed by atoms with van der Waals surface area (Å²) >= 11 is 0. The second-order valence-corrected chi connectivity index (χ2v) is 2.87. The van der Waals surface area contributed by atoms with Gasteiger partial charge in [0.2, 0.25) is 0 Å². The normalized spacial score (nSPS) is 11.4. The van der Waals surface area contributed by atoms with Crippen LogP contribution in [0.3, 0.4) is 0 Å². The molecular formula is C11H11FO2. The highest BCUT2D eigenvalue weighted by molar-refractivity contribution is 5.89. The van der Waals surface area contributed by atoms with Crippen molar-refractivity contribution in [3.05, 3.63) is 41.7 Å². The lowest BCUT2D eigenvalue weighted by atomic mass is 10.0. The topological polar surface area (TPSA) is 37.3 Å². The van der Waals surface area contributed by atoms with E-state index in [4.69, 9.17) is 5.11 Å². The monoisotopic (exact) mass is 194 g/mol. The largest absolute Gasteiger partial charge is 0.478 e. The van der Waals surface area contributed by atoms with Gasteiger partial charge in [0.25, 0.3) is 0 Å². The molecule has 0 amide bonds. The SMILES string of the molecule is CCC(=CC(=O)O)c1ccc(F)cc1. The number of aliphatic carboxylic acids is 1. The summed E-state index contributed by atoms with van der Waals surface area (Å²) in [6, 6.07) is 5.79. The van der Waals surface area contributed by atoms with E-state index < -0.39 is 5.97 Å². The Bertz CT molecular complexity index is 352. The van der Waals surface area contributed by atoms with Crippen LogP contribution in [0.2, 0.25) is 0 Å². The van der Waals surface area contributed by atoms with Crippen LogP contribution in [0.15, 0.2) is 30.3 Å². The molecule has 0 saturated heterocycles. The van der Waals surface area contributed by atoms with Gasteiger partial charge < -0.3 is 5.11 Å². The van der Waals surface area contributed by atoms with Gasteiger partial charge in [0.1, 0.15) is 5.82 Å². The Morgan fingerprint density at radius 2 is 2.00 bits per heavy atom. The van der Waals surface area contributed by atoms with Gasteiger partial charge in [-0.25, -0.2) is 9.18 Å². The molecule has 3 heteroatoms. The molecule has 0 spiro atoms. The van der Waals surface area contributed by atoms with Crippen LogP contribution >= 0.6 is 0 Å². The summed E-state index contributed by atoms with van der Waals surface area (Å²) in [7, 11) is 0. The predicted molar refractivity (Wildman–Crippen MR) is 52.3 cm³/mol. The molecule has 0 radical (unpaired) electrons. The first-order valence-corrected chi connectivity index (χ1v) is 4.33. The van der Waals surface area contributed by atoms with E-state index in [0.717, 1.165) is 11.6 Å². The second kappa shape index (κ2) is 4.56. The van der Waals surface area contributed by atoms with E-state index in [1.54, 1.807) is 12.1 Å². The third kappa shape index (κ3) is 2.69. The van der Waals surface area contributed by atoms with E-state index in [-0.39, 0.29) is 5.82 Å². The molecule has 0 saturated carbocycles. The fourth-order valence-electron chi connectivity index (χ4n) is 1.20. The number of rotatable bonds is 3. The van der Waals surface area contributed by atoms with Crippen LogP contribution in [0, 0.1) is 5.82 Å². The molecule has 1 aromatic rings. The lowest BCUT2D eigenvalue weighted by molar-refractivity contribution is -0.131. The standard InChI is InChI=1S/C11H11FO2/c1-2-8(7-11(13)14)9-3-5-10(12)6-4-9/h3-7H,2H2,1H3,(H,13,14). The Balaban J connectivity index is 3.01. The minimum Gasteiger partial charge on any atom is -0.478 e. The first-order valence-electron chi connectivity index (χ1n) is 4.33. The van der Waals surface area contributed by atoms with Crippen LogP contribution in [-0.2, 0) is 4.79 Å². The van der Waals surface area contributed by atoms with Crippen molar-refractivity contribution in [2.24, 2.45) is 0 Å². The number of allylic oxidation sites excluding steroid dienone is 1. The van der Waals surface area contributed by atoms with Crippen LogP contribution in [0.4, 0.5) is 4.39 Å². The third-order valence-electron chi connectivity index (χ3n) is 1.89. The minimum absolute atomic E-state index is 0.320. The van der Waals surface area contributed by atoms with Crippen molar-refractivity contribution in [1.29, 1.82) is 0 Å². The van der Waals surface area contributed by atoms with Crippen molar-refractivity contribution < 1.29 is 14.3 Å². The maximum absolute atomic E-state index is 12.6. The van der Waals surface area contributed by atoms with Gasteiger partial charge in [-0.1, -0.05) is 19.1 Å². The van der Waals surface area contributed by atoms with Crippen LogP contribution in [-0.4, -0.2) is 11.1 Å². The average Bonchev–Trinajstić information content (AvgIpc) is 2.15. The van der Waals surface area contributed by atoms with Gasteiger partial charge >= 0.3 is 5.97 Å². The van der Waals surface area contributed by atoms with Crippen molar-refractivity contribution in [3.8, 4) is 0 Å². The van der Waals surface area contributed by atoms with Crippen LogP contribution in [0.1, 0.15) is 18.9 Å². The predicted octanol–water partition coefficient (Wildman–Crippen LogP) is 2.70. The molecule has 0 aliphatic carbocycles. The van der Waals surface area contributed by atoms with Gasteiger partial charge in [-0.05, 0) is 29.7 Å². The summed E-state index contributed by atoms with van der Waals surface area (Å²) in [6.07, 6.45) is 1.76. The summed E-state index contributed by atoms with van der Waals surface area (Å²) in [5.41, 5.74) is 1.44. The molecule has 1 aromatic carbocycles. The lowest BCUT2D eigenvalue weighted by Gasteiger charge is -2.02. The van der Waals surface area contributed by atoms with Gasteiger partial charge in [0.05, 0.1) is 0 Å². The van der Waals surface area contributed by atoms with E-state index in [0.29, 0.717) is 12.0 Å². The number of benzene rings is 1. The maximum Gasteiger partial charge on any atom is 0.328 e. The van der Waals surface area contributed by atoms with E-state index in [1.807, 2.05) is 6.92 Å². The zero-order chi connectivity index (χ0) is 10.6. The highest BCUT2D eigenvalue weighted by atomic mass is 19.1. The number of hydrogen-bond acceptors (Lipinski definition) is 1. The first kappa shape index (κ1) is 10.4. The summed E-state index contributed by atoms with van der Waals surface area (Å²) in [5, 5.41) is 8.58. The summed E-state index contributed by atoms with van der Waals surface area (Å²) in [6.45, 7) is 1.86. The quantitative estimate of drug-likeness (QED) is 0.751. The molecule has 14 heavy (non-hydrogen) atoms. The van der Waals surface area contributed by atoms with Crippen molar-refractivity contribution in [3.63, 3.8) is 0 Å². The Labute approximate surface area is 81.7 Å². The number of halogens is 1. The van der Waals surface area contributed by atoms with E-state index in [9.17, 15) is 9.18 Å². The molecule has 74 valence electrons. The molecule has 0 aliphatic heterocycles. The first-order chi connectivity index (χ1) is 6.63. The average molecular weight is 194 g/mol. The molecule has 0 atom stereocenters. The van der Waals surface area contributed by atoms with Gasteiger partial charge in [0.15, 0.2) is 0 Å². The van der Waals surface area contributed by atoms with Crippen molar-refractivity contribution >= 4 is 11.5 Å². The summed E-state index contributed by atoms with van der Waals surface area (Å²) < 4.78 is 12.6. The molecule has 1 N–H and O–H groups in total. The van der Waals surface area contributed by atoms with Crippen molar-refractivity contribution in [2.75, 3.05) is 0 Å². The van der Waals surface area contributed by atoms with E-state index in [1.165, 1.54) is 12.1 Å². The molecule has 0 heterocycles. The van der Waals surface area contributed by atoms with Gasteiger partial charge in [-0.15, -0.1) is 0 Å². The molecule has 0 aliphatic rings. The van der Waals surface area contributed by atoms with Crippen LogP contribution in [0.5, 0.6) is 0 Å². The van der Waals surface area contributed by atoms with Gasteiger partial charge in [-0.3, -0.25) is 0 Å². The Morgan fingerprint density at radius 1 is 1.43 bits per heavy atom. The number of carbonyl (C=O) groups is 1. The Kier molecular flexibility index (Phi) is 3.40. The van der Waals surface area contributed by atoms with E-state index >= 15 is 0 Å². The fraction of sp³-hybridized carbons (Fsp3) is 0.182. The molecule has 0 aromatic heterocycles. The molecule has 0 bridgehead atoms. The highest BCUT2D eigenvalue weighted by Crippen LogP contribution is 2.17. The lowest BCUT2D eigenvalue weighted by Crippen LogP contribution is -1.92. The van der Waals surface area contributed by atoms with Crippen LogP contribution < -0.4 is 0 Å². The molecule has 0 fully saturated rings. The fourth-order valence-corrected chi connectivity index (χ4v) is 1.20. The zero-order valence-electron chi connectivity index (χ0n) is 7.83. The summed E-state index contributed by atoms with van der Waals surface area (Å²) in [5.74, 6) is -1.30. The second-order valence-electron chi connectivity index (χ2n) is 2.87. The molecular weight excluding hydrogens is 183 g/mol. The maximum atomic E-state index is 12.6. The number of carboxylic acid groups (broad SMARTS) is 1. The van der Waals surface area contributed by atoms with E-state index in [2.05, 4.69) is 0 Å². The zero-order valence-corrected chi connectivity index (χ0v) is 7.83. The number of hydrogen-bond donors (Lipinski definition) is 1. The van der Waals surface area contributed by atoms with Crippen molar-refractivity contribution in [1.82, 2.24) is 0 Å². The summed E-state index contributed by atoms with van der Waals surface area (Å²) in [4.78, 5) is 10.5. The molecule has 1 rings (SSSR count). The third-order valence-corrected chi connectivity index (χ3v) is 1.89. The Morgan fingerprint density at radius 3 is 2.43 bits per heavy atom. The van der Waals surface area contributed by atoms with Gasteiger partial charge in [-0.2, -0.15) is 0 Å². The number of carboxylic acids is 1. The minimum atomic E-state index is -0.980. The van der Waals surface area contributed by atoms with Gasteiger partial charge in [0, 0.05) is 6.08 Å².